The zero-order valence-corrected chi connectivity index (χ0v) is 10.1. The molecule has 0 saturated heterocycles. The smallest absolute Gasteiger partial charge is 0.335 e. The number of halogens is 1. The highest BCUT2D eigenvalue weighted by molar-refractivity contribution is 5.88. The lowest BCUT2D eigenvalue weighted by Gasteiger charge is -2.29. The predicted molar refractivity (Wildman–Crippen MR) is 63.1 cm³/mol. The standard InChI is InChI=1S/C13H15FO4/c1-17-12-6-9(13(15)16)2-3-11(12)18-7-8-4-10(14)5-8/h2-3,6,8,10H,4-5,7H2,1H3,(H,15,16). The molecule has 0 radical (unpaired) electrons. The van der Waals surface area contributed by atoms with Crippen molar-refractivity contribution in [3.05, 3.63) is 23.8 Å². The fraction of sp³-hybridized carbons (Fsp3) is 0.462. The van der Waals surface area contributed by atoms with E-state index in [0.717, 1.165) is 0 Å². The third-order valence-electron chi connectivity index (χ3n) is 3.06. The molecule has 2 rings (SSSR count). The fourth-order valence-electron chi connectivity index (χ4n) is 1.92. The van der Waals surface area contributed by atoms with E-state index < -0.39 is 12.1 Å². The van der Waals surface area contributed by atoms with Gasteiger partial charge >= 0.3 is 5.97 Å². The first-order chi connectivity index (χ1) is 8.60. The van der Waals surface area contributed by atoms with Crippen LogP contribution in [0.15, 0.2) is 18.2 Å². The van der Waals surface area contributed by atoms with Crippen molar-refractivity contribution in [2.24, 2.45) is 5.92 Å². The molecular formula is C13H15FO4. The average Bonchev–Trinajstić information content (AvgIpc) is 2.32. The lowest BCUT2D eigenvalue weighted by Crippen LogP contribution is -2.29. The number of carboxylic acids is 1. The van der Waals surface area contributed by atoms with E-state index in [0.29, 0.717) is 30.9 Å². The number of benzene rings is 1. The summed E-state index contributed by atoms with van der Waals surface area (Å²) in [6, 6.07) is 4.43. The summed E-state index contributed by atoms with van der Waals surface area (Å²) >= 11 is 0. The molecule has 1 aliphatic rings. The Morgan fingerprint density at radius 1 is 1.44 bits per heavy atom. The Balaban J connectivity index is 2.01. The number of ether oxygens (including phenoxy) is 2. The van der Waals surface area contributed by atoms with Gasteiger partial charge in [-0.1, -0.05) is 0 Å². The average molecular weight is 254 g/mol. The molecule has 5 heteroatoms. The van der Waals surface area contributed by atoms with Gasteiger partial charge in [0.15, 0.2) is 11.5 Å². The molecule has 0 heterocycles. The summed E-state index contributed by atoms with van der Waals surface area (Å²) in [4.78, 5) is 10.8. The van der Waals surface area contributed by atoms with Gasteiger partial charge in [0, 0.05) is 0 Å². The van der Waals surface area contributed by atoms with Crippen LogP contribution in [-0.2, 0) is 0 Å². The highest BCUT2D eigenvalue weighted by atomic mass is 19.1. The molecule has 0 bridgehead atoms. The number of aromatic carboxylic acids is 1. The molecule has 1 saturated carbocycles. The zero-order chi connectivity index (χ0) is 13.1. The molecule has 1 aromatic rings. The molecule has 4 nitrogen and oxygen atoms in total. The summed E-state index contributed by atoms with van der Waals surface area (Å²) in [6.45, 7) is 0.434. The van der Waals surface area contributed by atoms with E-state index >= 15 is 0 Å². The van der Waals surface area contributed by atoms with Gasteiger partial charge in [-0.15, -0.1) is 0 Å². The molecule has 0 amide bonds. The zero-order valence-electron chi connectivity index (χ0n) is 10.1. The summed E-state index contributed by atoms with van der Waals surface area (Å²) in [5.74, 6) is 0.0961. The van der Waals surface area contributed by atoms with Gasteiger partial charge < -0.3 is 14.6 Å². The van der Waals surface area contributed by atoms with E-state index in [1.165, 1.54) is 19.2 Å². The predicted octanol–water partition coefficient (Wildman–Crippen LogP) is 2.52. The highest BCUT2D eigenvalue weighted by Gasteiger charge is 2.29. The summed E-state index contributed by atoms with van der Waals surface area (Å²) in [6.07, 6.45) is 0.375. The van der Waals surface area contributed by atoms with E-state index in [1.54, 1.807) is 6.07 Å². The van der Waals surface area contributed by atoms with Crippen molar-refractivity contribution < 1.29 is 23.8 Å². The Hall–Kier alpha value is -1.78. The lowest BCUT2D eigenvalue weighted by molar-refractivity contribution is 0.0695. The molecule has 0 aliphatic heterocycles. The number of alkyl halides is 1. The Bertz CT molecular complexity index is 441. The molecule has 1 N–H and O–H groups in total. The largest absolute Gasteiger partial charge is 0.493 e. The topological polar surface area (TPSA) is 55.8 Å². The van der Waals surface area contributed by atoms with Crippen molar-refractivity contribution in [3.8, 4) is 11.5 Å². The number of hydrogen-bond donors (Lipinski definition) is 1. The molecule has 0 aromatic heterocycles. The van der Waals surface area contributed by atoms with Gasteiger partial charge in [0.05, 0.1) is 19.3 Å². The maximum absolute atomic E-state index is 12.6. The van der Waals surface area contributed by atoms with Crippen LogP contribution < -0.4 is 9.47 Å². The minimum absolute atomic E-state index is 0.145. The van der Waals surface area contributed by atoms with Crippen molar-refractivity contribution in [2.75, 3.05) is 13.7 Å². The Labute approximate surface area is 104 Å². The molecule has 1 aliphatic carbocycles. The van der Waals surface area contributed by atoms with Crippen LogP contribution in [0.25, 0.3) is 0 Å². The third kappa shape index (κ3) is 2.72. The minimum Gasteiger partial charge on any atom is -0.493 e. The van der Waals surface area contributed by atoms with Crippen molar-refractivity contribution in [1.29, 1.82) is 0 Å². The van der Waals surface area contributed by atoms with Crippen molar-refractivity contribution in [2.45, 2.75) is 19.0 Å². The first kappa shape index (κ1) is 12.7. The van der Waals surface area contributed by atoms with Crippen LogP contribution >= 0.6 is 0 Å². The third-order valence-corrected chi connectivity index (χ3v) is 3.06. The summed E-state index contributed by atoms with van der Waals surface area (Å²) in [7, 11) is 1.45. The van der Waals surface area contributed by atoms with Crippen molar-refractivity contribution in [1.82, 2.24) is 0 Å². The van der Waals surface area contributed by atoms with E-state index in [1.807, 2.05) is 0 Å². The van der Waals surface area contributed by atoms with Gasteiger partial charge in [-0.25, -0.2) is 9.18 Å². The monoisotopic (exact) mass is 254 g/mol. The fourth-order valence-corrected chi connectivity index (χ4v) is 1.92. The molecule has 98 valence electrons. The van der Waals surface area contributed by atoms with Gasteiger partial charge in [-0.2, -0.15) is 0 Å². The first-order valence-corrected chi connectivity index (χ1v) is 5.78. The number of carbonyl (C=O) groups is 1. The normalized spacial score (nSPS) is 22.1. The highest BCUT2D eigenvalue weighted by Crippen LogP contribution is 2.33. The second-order valence-corrected chi connectivity index (χ2v) is 4.42. The SMILES string of the molecule is COc1cc(C(=O)O)ccc1OCC1CC(F)C1. The van der Waals surface area contributed by atoms with Crippen LogP contribution in [0.1, 0.15) is 23.2 Å². The van der Waals surface area contributed by atoms with Crippen LogP contribution in [0.3, 0.4) is 0 Å². The molecule has 1 aromatic carbocycles. The first-order valence-electron chi connectivity index (χ1n) is 5.78. The summed E-state index contributed by atoms with van der Waals surface area (Å²) < 4.78 is 23.2. The van der Waals surface area contributed by atoms with Crippen LogP contribution in [0.4, 0.5) is 4.39 Å². The quantitative estimate of drug-likeness (QED) is 0.877. The minimum atomic E-state index is -1.01. The number of carboxylic acid groups (broad SMARTS) is 1. The molecular weight excluding hydrogens is 239 g/mol. The van der Waals surface area contributed by atoms with E-state index in [9.17, 15) is 9.18 Å². The molecule has 18 heavy (non-hydrogen) atoms. The number of hydrogen-bond acceptors (Lipinski definition) is 3. The van der Waals surface area contributed by atoms with E-state index in [4.69, 9.17) is 14.6 Å². The van der Waals surface area contributed by atoms with Gasteiger partial charge in [0.1, 0.15) is 6.17 Å². The molecule has 0 unspecified atom stereocenters. The van der Waals surface area contributed by atoms with Gasteiger partial charge in [0.2, 0.25) is 0 Å². The molecule has 0 atom stereocenters. The van der Waals surface area contributed by atoms with E-state index in [-0.39, 0.29) is 11.5 Å². The van der Waals surface area contributed by atoms with Gasteiger partial charge in [-0.3, -0.25) is 0 Å². The lowest BCUT2D eigenvalue weighted by atomic mass is 9.84. The Morgan fingerprint density at radius 2 is 2.17 bits per heavy atom. The maximum atomic E-state index is 12.6. The number of methoxy groups -OCH3 is 1. The Morgan fingerprint density at radius 3 is 2.72 bits per heavy atom. The van der Waals surface area contributed by atoms with Crippen molar-refractivity contribution in [3.63, 3.8) is 0 Å². The second-order valence-electron chi connectivity index (χ2n) is 4.42. The van der Waals surface area contributed by atoms with Gasteiger partial charge in [0.25, 0.3) is 0 Å². The van der Waals surface area contributed by atoms with Gasteiger partial charge in [-0.05, 0) is 37.0 Å². The van der Waals surface area contributed by atoms with E-state index in [2.05, 4.69) is 0 Å². The van der Waals surface area contributed by atoms with Crippen molar-refractivity contribution >= 4 is 5.97 Å². The summed E-state index contributed by atoms with van der Waals surface area (Å²) in [5.41, 5.74) is 0.145. The molecule has 0 spiro atoms. The maximum Gasteiger partial charge on any atom is 0.335 e. The summed E-state index contributed by atoms with van der Waals surface area (Å²) in [5, 5.41) is 8.85. The van der Waals surface area contributed by atoms with Crippen LogP contribution in [0, 0.1) is 5.92 Å². The number of rotatable bonds is 5. The Kier molecular flexibility index (Phi) is 3.69. The molecule has 1 fully saturated rings. The van der Waals surface area contributed by atoms with Crippen LogP contribution in [-0.4, -0.2) is 31.0 Å². The second kappa shape index (κ2) is 5.25. The van der Waals surface area contributed by atoms with Crippen LogP contribution in [0.5, 0.6) is 11.5 Å². The van der Waals surface area contributed by atoms with Crippen LogP contribution in [0.2, 0.25) is 0 Å².